The third-order valence-electron chi connectivity index (χ3n) is 2.09. The van der Waals surface area contributed by atoms with Crippen molar-refractivity contribution in [3.05, 3.63) is 46.2 Å². The van der Waals surface area contributed by atoms with Gasteiger partial charge in [0.25, 0.3) is 5.56 Å². The van der Waals surface area contributed by atoms with E-state index in [4.69, 9.17) is 16.9 Å². The van der Waals surface area contributed by atoms with Gasteiger partial charge >= 0.3 is 5.97 Å². The Morgan fingerprint density at radius 2 is 2.00 bits per heavy atom. The zero-order chi connectivity index (χ0) is 11.0. The summed E-state index contributed by atoms with van der Waals surface area (Å²) in [5.41, 5.74) is -0.555. The van der Waals surface area contributed by atoms with Gasteiger partial charge < -0.3 is 5.11 Å². The number of carboxylic acid groups (broad SMARTS) is 1. The average Bonchev–Trinajstić information content (AvgIpc) is 2.23. The molecule has 4 nitrogen and oxygen atoms in total. The highest BCUT2D eigenvalue weighted by atomic mass is 35.5. The summed E-state index contributed by atoms with van der Waals surface area (Å²) in [4.78, 5) is 22.2. The van der Waals surface area contributed by atoms with Gasteiger partial charge in [-0.2, -0.15) is 0 Å². The summed E-state index contributed by atoms with van der Waals surface area (Å²) in [6.07, 6.45) is 0. The predicted molar refractivity (Wildman–Crippen MR) is 56.4 cm³/mol. The Labute approximate surface area is 89.4 Å². The minimum absolute atomic E-state index is 0.330. The largest absolute Gasteiger partial charge is 0.477 e. The number of halogens is 1. The Kier molecular flexibility index (Phi) is 2.21. The van der Waals surface area contributed by atoms with E-state index in [1.165, 1.54) is 6.07 Å². The number of aromatic nitrogens is 1. The molecule has 0 spiro atoms. The van der Waals surface area contributed by atoms with Crippen LogP contribution in [0, 0.1) is 0 Å². The first-order valence-electron chi connectivity index (χ1n) is 4.15. The van der Waals surface area contributed by atoms with E-state index in [2.05, 4.69) is 0 Å². The van der Waals surface area contributed by atoms with Gasteiger partial charge in [0.2, 0.25) is 0 Å². The molecule has 0 aliphatic carbocycles. The molecule has 0 atom stereocenters. The molecule has 2 rings (SSSR count). The molecule has 0 fully saturated rings. The standard InChI is InChI=1S/C10H6ClNO3/c11-12-8-4-2-1-3-6(8)5-7(9(12)13)10(14)15/h1-5H,(H,14,15). The van der Waals surface area contributed by atoms with E-state index in [1.807, 2.05) is 0 Å². The van der Waals surface area contributed by atoms with Gasteiger partial charge in [0.15, 0.2) is 0 Å². The zero-order valence-corrected chi connectivity index (χ0v) is 8.23. The van der Waals surface area contributed by atoms with Crippen LogP contribution in [-0.4, -0.2) is 15.2 Å². The van der Waals surface area contributed by atoms with Crippen molar-refractivity contribution in [1.29, 1.82) is 0 Å². The minimum atomic E-state index is -1.28. The summed E-state index contributed by atoms with van der Waals surface area (Å²) in [7, 11) is 0. The van der Waals surface area contributed by atoms with Gasteiger partial charge in [-0.05, 0) is 12.1 Å². The van der Waals surface area contributed by atoms with Gasteiger partial charge in [0, 0.05) is 17.2 Å². The van der Waals surface area contributed by atoms with Crippen LogP contribution in [0.15, 0.2) is 35.1 Å². The average molecular weight is 224 g/mol. The first-order valence-corrected chi connectivity index (χ1v) is 4.49. The van der Waals surface area contributed by atoms with Gasteiger partial charge in [-0.1, -0.05) is 18.2 Å². The highest BCUT2D eigenvalue weighted by Gasteiger charge is 2.12. The molecule has 5 heteroatoms. The van der Waals surface area contributed by atoms with Crippen molar-refractivity contribution in [3.63, 3.8) is 0 Å². The normalized spacial score (nSPS) is 10.5. The Morgan fingerprint density at radius 1 is 1.33 bits per heavy atom. The predicted octanol–water partition coefficient (Wildman–Crippen LogP) is 1.70. The second-order valence-corrected chi connectivity index (χ2v) is 3.35. The molecule has 0 aliphatic rings. The second kappa shape index (κ2) is 3.40. The van der Waals surface area contributed by atoms with E-state index in [-0.39, 0.29) is 5.56 Å². The molecule has 0 unspecified atom stereocenters. The summed E-state index contributed by atoms with van der Waals surface area (Å²) in [5, 5.41) is 9.39. The van der Waals surface area contributed by atoms with E-state index in [1.54, 1.807) is 24.3 Å². The van der Waals surface area contributed by atoms with Crippen LogP contribution >= 0.6 is 11.8 Å². The van der Waals surface area contributed by atoms with Crippen LogP contribution < -0.4 is 5.56 Å². The number of carboxylic acids is 1. The number of nitrogens with zero attached hydrogens (tertiary/aromatic N) is 1. The fourth-order valence-corrected chi connectivity index (χ4v) is 1.62. The molecule has 2 aromatic rings. The molecule has 1 aromatic carbocycles. The van der Waals surface area contributed by atoms with Crippen LogP contribution in [0.25, 0.3) is 10.9 Å². The van der Waals surface area contributed by atoms with Crippen molar-refractivity contribution in [3.8, 4) is 0 Å². The van der Waals surface area contributed by atoms with Gasteiger partial charge in [0.05, 0.1) is 5.52 Å². The van der Waals surface area contributed by atoms with E-state index in [9.17, 15) is 9.59 Å². The van der Waals surface area contributed by atoms with Gasteiger partial charge in [0.1, 0.15) is 5.56 Å². The highest BCUT2D eigenvalue weighted by molar-refractivity contribution is 6.19. The number of para-hydroxylation sites is 1. The topological polar surface area (TPSA) is 59.3 Å². The molecular formula is C10H6ClNO3. The SMILES string of the molecule is O=C(O)c1cc2ccccc2n(Cl)c1=O. The molecule has 76 valence electrons. The number of hydrogen-bond donors (Lipinski definition) is 1. The monoisotopic (exact) mass is 223 g/mol. The van der Waals surface area contributed by atoms with Gasteiger partial charge in [-0.3, -0.25) is 4.79 Å². The van der Waals surface area contributed by atoms with Crippen LogP contribution in [0.3, 0.4) is 0 Å². The van der Waals surface area contributed by atoms with Crippen LogP contribution in [0.5, 0.6) is 0 Å². The molecule has 0 radical (unpaired) electrons. The number of benzene rings is 1. The van der Waals surface area contributed by atoms with E-state index >= 15 is 0 Å². The first kappa shape index (κ1) is 9.73. The van der Waals surface area contributed by atoms with E-state index in [0.29, 0.717) is 10.9 Å². The highest BCUT2D eigenvalue weighted by Crippen LogP contribution is 2.13. The minimum Gasteiger partial charge on any atom is -0.477 e. The number of hydrogen-bond acceptors (Lipinski definition) is 2. The summed E-state index contributed by atoms with van der Waals surface area (Å²) in [6, 6.07) is 8.13. The molecule has 15 heavy (non-hydrogen) atoms. The summed E-state index contributed by atoms with van der Waals surface area (Å²) in [6.45, 7) is 0. The third kappa shape index (κ3) is 1.49. The van der Waals surface area contributed by atoms with Crippen molar-refractivity contribution < 1.29 is 9.90 Å². The van der Waals surface area contributed by atoms with Crippen molar-refractivity contribution in [2.24, 2.45) is 0 Å². The van der Waals surface area contributed by atoms with Gasteiger partial charge in [-0.25, -0.2) is 8.88 Å². The molecule has 0 bridgehead atoms. The van der Waals surface area contributed by atoms with Crippen molar-refractivity contribution in [2.45, 2.75) is 0 Å². The van der Waals surface area contributed by atoms with E-state index < -0.39 is 11.5 Å². The molecule has 1 N–H and O–H groups in total. The van der Waals surface area contributed by atoms with Gasteiger partial charge in [-0.15, -0.1) is 0 Å². The molecule has 0 aliphatic heterocycles. The molecule has 0 saturated heterocycles. The lowest BCUT2D eigenvalue weighted by Gasteiger charge is -2.03. The summed E-state index contributed by atoms with van der Waals surface area (Å²) < 4.78 is 0.818. The fourth-order valence-electron chi connectivity index (χ4n) is 1.37. The van der Waals surface area contributed by atoms with Crippen LogP contribution in [-0.2, 0) is 0 Å². The molecule has 1 heterocycles. The summed E-state index contributed by atoms with van der Waals surface area (Å²) in [5.74, 6) is -1.28. The van der Waals surface area contributed by atoms with Crippen molar-refractivity contribution in [1.82, 2.24) is 4.09 Å². The Balaban J connectivity index is 2.95. The number of fused-ring (bicyclic) bond motifs is 1. The number of pyridine rings is 1. The number of carbonyl (C=O) groups is 1. The Hall–Kier alpha value is -1.81. The van der Waals surface area contributed by atoms with Crippen LogP contribution in [0.4, 0.5) is 0 Å². The zero-order valence-electron chi connectivity index (χ0n) is 7.48. The van der Waals surface area contributed by atoms with Crippen LogP contribution in [0.1, 0.15) is 10.4 Å². The lowest BCUT2D eigenvalue weighted by molar-refractivity contribution is 0.0695. The lowest BCUT2D eigenvalue weighted by atomic mass is 10.1. The molecular weight excluding hydrogens is 218 g/mol. The maximum Gasteiger partial charge on any atom is 0.341 e. The van der Waals surface area contributed by atoms with E-state index in [0.717, 1.165) is 4.09 Å². The first-order chi connectivity index (χ1) is 7.11. The number of aromatic carboxylic acids is 1. The summed E-state index contributed by atoms with van der Waals surface area (Å²) >= 11 is 5.72. The van der Waals surface area contributed by atoms with Crippen molar-refractivity contribution in [2.75, 3.05) is 0 Å². The fraction of sp³-hybridized carbons (Fsp3) is 0. The smallest absolute Gasteiger partial charge is 0.341 e. The Bertz CT molecular complexity index is 603. The third-order valence-corrected chi connectivity index (χ3v) is 2.42. The molecule has 0 amide bonds. The van der Waals surface area contributed by atoms with Crippen molar-refractivity contribution >= 4 is 28.6 Å². The number of rotatable bonds is 1. The maximum atomic E-state index is 11.5. The molecule has 1 aromatic heterocycles. The second-order valence-electron chi connectivity index (χ2n) is 3.01. The van der Waals surface area contributed by atoms with Crippen LogP contribution in [0.2, 0.25) is 0 Å². The molecule has 0 saturated carbocycles. The maximum absolute atomic E-state index is 11.5. The Morgan fingerprint density at radius 3 is 2.67 bits per heavy atom. The quantitative estimate of drug-likeness (QED) is 0.801. The lowest BCUT2D eigenvalue weighted by Crippen LogP contribution is -2.21.